The van der Waals surface area contributed by atoms with Crippen molar-refractivity contribution in [2.75, 3.05) is 6.67 Å². The Labute approximate surface area is 177 Å². The third-order valence-electron chi connectivity index (χ3n) is 4.98. The molecule has 4 aromatic rings. The van der Waals surface area contributed by atoms with Crippen molar-refractivity contribution in [2.24, 2.45) is 10.7 Å². The fourth-order valence-electron chi connectivity index (χ4n) is 3.51. The van der Waals surface area contributed by atoms with E-state index in [0.29, 0.717) is 5.71 Å². The van der Waals surface area contributed by atoms with Crippen LogP contribution in [0.2, 0.25) is 0 Å². The van der Waals surface area contributed by atoms with E-state index in [1.54, 1.807) is 0 Å². The standard InChI is InChI=1S/C27H23N3/c28-19-30-27(21-11-5-2-6-12-21)25-16-8-14-23(18-25)22-13-7-15-24(17-22)26(29)20-9-3-1-4-10-20/h1-18,29H,19,28H2/b29-26?,30-27+. The van der Waals surface area contributed by atoms with Gasteiger partial charge in [-0.05, 0) is 28.8 Å². The van der Waals surface area contributed by atoms with E-state index in [0.717, 1.165) is 39.1 Å². The molecule has 4 rings (SSSR count). The lowest BCUT2D eigenvalue weighted by molar-refractivity contribution is 1.07. The van der Waals surface area contributed by atoms with Gasteiger partial charge in [0.05, 0.1) is 18.1 Å². The molecule has 0 heterocycles. The van der Waals surface area contributed by atoms with Crippen molar-refractivity contribution in [2.45, 2.75) is 0 Å². The summed E-state index contributed by atoms with van der Waals surface area (Å²) in [5, 5.41) is 8.57. The summed E-state index contributed by atoms with van der Waals surface area (Å²) in [7, 11) is 0. The number of hydrogen-bond acceptors (Lipinski definition) is 3. The fourth-order valence-corrected chi connectivity index (χ4v) is 3.51. The molecule has 3 N–H and O–H groups in total. The van der Waals surface area contributed by atoms with E-state index >= 15 is 0 Å². The molecule has 0 atom stereocenters. The molecule has 0 fully saturated rings. The molecule has 0 spiro atoms. The maximum Gasteiger partial charge on any atom is 0.0867 e. The Kier molecular flexibility index (Phi) is 5.93. The number of nitrogens with zero attached hydrogens (tertiary/aromatic N) is 1. The Hall–Kier alpha value is -3.82. The smallest absolute Gasteiger partial charge is 0.0867 e. The van der Waals surface area contributed by atoms with Crippen molar-refractivity contribution in [1.29, 1.82) is 5.41 Å². The molecule has 0 saturated carbocycles. The van der Waals surface area contributed by atoms with E-state index in [-0.39, 0.29) is 6.67 Å². The molecule has 3 heteroatoms. The van der Waals surface area contributed by atoms with Crippen LogP contribution in [-0.4, -0.2) is 18.1 Å². The van der Waals surface area contributed by atoms with Gasteiger partial charge in [-0.2, -0.15) is 0 Å². The minimum absolute atomic E-state index is 0.234. The summed E-state index contributed by atoms with van der Waals surface area (Å²) >= 11 is 0. The van der Waals surface area contributed by atoms with Crippen LogP contribution in [0.1, 0.15) is 22.3 Å². The first-order chi connectivity index (χ1) is 14.8. The molecule has 0 bridgehead atoms. The van der Waals surface area contributed by atoms with Crippen LogP contribution in [0.3, 0.4) is 0 Å². The van der Waals surface area contributed by atoms with E-state index in [1.807, 2.05) is 78.9 Å². The Bertz CT molecular complexity index is 1180. The van der Waals surface area contributed by atoms with Gasteiger partial charge in [-0.1, -0.05) is 97.1 Å². The summed E-state index contributed by atoms with van der Waals surface area (Å²) < 4.78 is 0. The van der Waals surface area contributed by atoms with Crippen molar-refractivity contribution < 1.29 is 0 Å². The number of nitrogens with two attached hydrogens (primary N) is 1. The number of nitrogens with one attached hydrogen (secondary N) is 1. The van der Waals surface area contributed by atoms with Gasteiger partial charge in [0.25, 0.3) is 0 Å². The zero-order valence-corrected chi connectivity index (χ0v) is 16.6. The summed E-state index contributed by atoms with van der Waals surface area (Å²) in [4.78, 5) is 4.55. The molecular weight excluding hydrogens is 366 g/mol. The number of benzene rings is 4. The minimum atomic E-state index is 0.234. The van der Waals surface area contributed by atoms with E-state index in [4.69, 9.17) is 11.1 Å². The highest BCUT2D eigenvalue weighted by molar-refractivity contribution is 6.13. The largest absolute Gasteiger partial charge is 0.312 e. The number of rotatable bonds is 6. The SMILES string of the molecule is N=C(c1ccccc1)c1cccc(-c2cccc(/C(=N/CN)c3ccccc3)c2)c1. The predicted octanol–water partition coefficient (Wildman–Crippen LogP) is 5.52. The van der Waals surface area contributed by atoms with Gasteiger partial charge in [-0.25, -0.2) is 0 Å². The van der Waals surface area contributed by atoms with E-state index in [2.05, 4.69) is 35.3 Å². The second-order valence-corrected chi connectivity index (χ2v) is 6.96. The normalized spacial score (nSPS) is 11.3. The van der Waals surface area contributed by atoms with Gasteiger partial charge in [0.1, 0.15) is 0 Å². The van der Waals surface area contributed by atoms with Crippen LogP contribution in [0, 0.1) is 5.41 Å². The van der Waals surface area contributed by atoms with E-state index in [9.17, 15) is 0 Å². The highest BCUT2D eigenvalue weighted by Crippen LogP contribution is 2.24. The first kappa shape index (κ1) is 19.5. The summed E-state index contributed by atoms with van der Waals surface area (Å²) in [6.45, 7) is 0.234. The van der Waals surface area contributed by atoms with Crippen LogP contribution >= 0.6 is 0 Å². The molecule has 0 aromatic heterocycles. The fraction of sp³-hybridized carbons (Fsp3) is 0.0370. The van der Waals surface area contributed by atoms with Crippen molar-refractivity contribution >= 4 is 11.4 Å². The first-order valence-corrected chi connectivity index (χ1v) is 9.91. The lowest BCUT2D eigenvalue weighted by Crippen LogP contribution is -2.07. The molecule has 0 unspecified atom stereocenters. The molecule has 0 aliphatic rings. The van der Waals surface area contributed by atoms with Crippen LogP contribution in [0.15, 0.2) is 114 Å². The average Bonchev–Trinajstić information content (AvgIpc) is 2.83. The van der Waals surface area contributed by atoms with Gasteiger partial charge in [0.2, 0.25) is 0 Å². The van der Waals surface area contributed by atoms with Gasteiger partial charge in [0.15, 0.2) is 0 Å². The highest BCUT2D eigenvalue weighted by Gasteiger charge is 2.10. The van der Waals surface area contributed by atoms with Crippen LogP contribution in [0.4, 0.5) is 0 Å². The molecule has 0 aliphatic heterocycles. The average molecular weight is 390 g/mol. The van der Waals surface area contributed by atoms with Gasteiger partial charge in [-0.15, -0.1) is 0 Å². The third kappa shape index (κ3) is 4.27. The lowest BCUT2D eigenvalue weighted by atomic mass is 9.95. The Morgan fingerprint density at radius 2 is 1.10 bits per heavy atom. The quantitative estimate of drug-likeness (QED) is 0.419. The summed E-state index contributed by atoms with van der Waals surface area (Å²) in [6.07, 6.45) is 0. The Balaban J connectivity index is 1.71. The predicted molar refractivity (Wildman–Crippen MR) is 125 cm³/mol. The molecule has 3 nitrogen and oxygen atoms in total. The van der Waals surface area contributed by atoms with E-state index in [1.165, 1.54) is 0 Å². The number of aliphatic imine (C=N–C) groups is 1. The molecule has 0 saturated heterocycles. The monoisotopic (exact) mass is 389 g/mol. The zero-order chi connectivity index (χ0) is 20.8. The first-order valence-electron chi connectivity index (χ1n) is 9.91. The second-order valence-electron chi connectivity index (χ2n) is 6.96. The lowest BCUT2D eigenvalue weighted by Gasteiger charge is -2.11. The van der Waals surface area contributed by atoms with Gasteiger partial charge < -0.3 is 5.73 Å². The van der Waals surface area contributed by atoms with Crippen molar-refractivity contribution in [3.05, 3.63) is 131 Å². The molecule has 0 aliphatic carbocycles. The molecule has 0 radical (unpaired) electrons. The Morgan fingerprint density at radius 1 is 0.600 bits per heavy atom. The van der Waals surface area contributed by atoms with Crippen molar-refractivity contribution in [3.63, 3.8) is 0 Å². The van der Waals surface area contributed by atoms with E-state index < -0.39 is 0 Å². The maximum atomic E-state index is 8.57. The summed E-state index contributed by atoms with van der Waals surface area (Å²) in [6, 6.07) is 36.3. The van der Waals surface area contributed by atoms with Crippen LogP contribution in [-0.2, 0) is 0 Å². The topological polar surface area (TPSA) is 62.2 Å². The minimum Gasteiger partial charge on any atom is -0.312 e. The van der Waals surface area contributed by atoms with Crippen LogP contribution < -0.4 is 5.73 Å². The molecule has 30 heavy (non-hydrogen) atoms. The second kappa shape index (κ2) is 9.12. The van der Waals surface area contributed by atoms with Crippen molar-refractivity contribution in [1.82, 2.24) is 0 Å². The highest BCUT2D eigenvalue weighted by atomic mass is 14.9. The van der Waals surface area contributed by atoms with Crippen molar-refractivity contribution in [3.8, 4) is 11.1 Å². The van der Waals surface area contributed by atoms with Gasteiger partial charge >= 0.3 is 0 Å². The van der Waals surface area contributed by atoms with Crippen LogP contribution in [0.5, 0.6) is 0 Å². The van der Waals surface area contributed by atoms with Gasteiger partial charge in [0, 0.05) is 16.7 Å². The molecule has 4 aromatic carbocycles. The Morgan fingerprint density at radius 3 is 1.70 bits per heavy atom. The molecule has 0 amide bonds. The summed E-state index contributed by atoms with van der Waals surface area (Å²) in [5.74, 6) is 0. The third-order valence-corrected chi connectivity index (χ3v) is 4.98. The molecular formula is C27H23N3. The zero-order valence-electron chi connectivity index (χ0n) is 16.6. The number of hydrogen-bond donors (Lipinski definition) is 2. The summed E-state index contributed by atoms with van der Waals surface area (Å²) in [5.41, 5.74) is 13.2. The van der Waals surface area contributed by atoms with Gasteiger partial charge in [-0.3, -0.25) is 10.4 Å². The van der Waals surface area contributed by atoms with Crippen LogP contribution in [0.25, 0.3) is 11.1 Å². The maximum absolute atomic E-state index is 8.57. The molecule has 146 valence electrons.